The van der Waals surface area contributed by atoms with Gasteiger partial charge in [0.25, 0.3) is 0 Å². The fraction of sp³-hybridized carbons (Fsp3) is 0.636. The Morgan fingerprint density at radius 1 is 1.21 bits per heavy atom. The lowest BCUT2D eigenvalue weighted by atomic mass is 9.88. The molecule has 6 nitrogen and oxygen atoms in total. The fourth-order valence-electron chi connectivity index (χ4n) is 4.11. The topological polar surface area (TPSA) is 78.9 Å². The van der Waals surface area contributed by atoms with E-state index < -0.39 is 12.1 Å². The molecule has 0 radical (unpaired) electrons. The second-order valence-corrected chi connectivity index (χ2v) is 8.41. The minimum absolute atomic E-state index is 0.0715. The van der Waals surface area contributed by atoms with Crippen LogP contribution >= 0.6 is 0 Å². The molecule has 1 heterocycles. The smallest absolute Gasteiger partial charge is 0.249 e. The number of aliphatic hydroxyl groups excluding tert-OH is 1. The summed E-state index contributed by atoms with van der Waals surface area (Å²) in [5.74, 6) is 0.422. The van der Waals surface area contributed by atoms with Gasteiger partial charge in [0.2, 0.25) is 11.8 Å². The largest absolute Gasteiger partial charge is 0.386 e. The number of amides is 2. The second-order valence-electron chi connectivity index (χ2n) is 8.41. The number of benzene rings is 1. The van der Waals surface area contributed by atoms with E-state index >= 15 is 0 Å². The van der Waals surface area contributed by atoms with Crippen molar-refractivity contribution in [1.29, 1.82) is 0 Å². The highest BCUT2D eigenvalue weighted by atomic mass is 16.5. The highest BCUT2D eigenvalue weighted by Gasteiger charge is 2.34. The molecule has 1 aromatic carbocycles. The molecule has 2 fully saturated rings. The molecule has 0 aromatic heterocycles. The Hall–Kier alpha value is -1.92. The van der Waals surface area contributed by atoms with Crippen LogP contribution in [-0.2, 0) is 14.3 Å². The summed E-state index contributed by atoms with van der Waals surface area (Å²) in [5.41, 5.74) is 1.45. The highest BCUT2D eigenvalue weighted by molar-refractivity contribution is 5.92. The maximum atomic E-state index is 12.4. The van der Waals surface area contributed by atoms with Crippen molar-refractivity contribution in [2.75, 3.05) is 25.1 Å². The molecular formula is C22H32N2O4. The van der Waals surface area contributed by atoms with Gasteiger partial charge in [-0.2, -0.15) is 0 Å². The van der Waals surface area contributed by atoms with Gasteiger partial charge in [0.15, 0.2) is 0 Å². The number of anilines is 1. The van der Waals surface area contributed by atoms with Gasteiger partial charge in [0.05, 0.1) is 12.6 Å². The molecule has 0 spiro atoms. The van der Waals surface area contributed by atoms with Crippen molar-refractivity contribution in [2.45, 2.75) is 58.1 Å². The number of aliphatic hydroxyl groups is 1. The van der Waals surface area contributed by atoms with Crippen molar-refractivity contribution in [1.82, 2.24) is 4.90 Å². The van der Waals surface area contributed by atoms with Crippen LogP contribution in [0.1, 0.15) is 57.6 Å². The van der Waals surface area contributed by atoms with E-state index in [1.54, 1.807) is 4.90 Å². The molecule has 2 aliphatic rings. The maximum absolute atomic E-state index is 12.4. The summed E-state index contributed by atoms with van der Waals surface area (Å²) in [6.45, 7) is 5.09. The summed E-state index contributed by atoms with van der Waals surface area (Å²) in [5, 5.41) is 13.9. The van der Waals surface area contributed by atoms with Crippen molar-refractivity contribution in [2.24, 2.45) is 11.8 Å². The third-order valence-electron chi connectivity index (χ3n) is 5.66. The Morgan fingerprint density at radius 2 is 1.89 bits per heavy atom. The molecule has 1 aromatic rings. The number of nitrogens with one attached hydrogen (secondary N) is 1. The Morgan fingerprint density at radius 3 is 2.54 bits per heavy atom. The van der Waals surface area contributed by atoms with E-state index in [0.717, 1.165) is 31.4 Å². The van der Waals surface area contributed by atoms with Gasteiger partial charge < -0.3 is 20.1 Å². The first-order valence-corrected chi connectivity index (χ1v) is 10.4. The number of rotatable bonds is 6. The first-order valence-electron chi connectivity index (χ1n) is 10.4. The van der Waals surface area contributed by atoms with Crippen molar-refractivity contribution in [3.63, 3.8) is 0 Å². The van der Waals surface area contributed by atoms with E-state index in [1.807, 2.05) is 24.3 Å². The molecule has 6 heteroatoms. The second kappa shape index (κ2) is 9.52. The number of carbonyl (C=O) groups excluding carboxylic acids is 2. The molecule has 2 unspecified atom stereocenters. The van der Waals surface area contributed by atoms with Crippen molar-refractivity contribution in [3.05, 3.63) is 29.8 Å². The van der Waals surface area contributed by atoms with Crippen molar-refractivity contribution in [3.8, 4) is 0 Å². The predicted molar refractivity (Wildman–Crippen MR) is 108 cm³/mol. The van der Waals surface area contributed by atoms with E-state index in [1.165, 1.54) is 6.42 Å². The van der Waals surface area contributed by atoms with Crippen molar-refractivity contribution >= 4 is 17.5 Å². The van der Waals surface area contributed by atoms with Gasteiger partial charge in [-0.25, -0.2) is 0 Å². The Kier molecular flexibility index (Phi) is 7.08. The van der Waals surface area contributed by atoms with Crippen LogP contribution in [0, 0.1) is 11.8 Å². The van der Waals surface area contributed by atoms with Gasteiger partial charge in [-0.15, -0.1) is 0 Å². The highest BCUT2D eigenvalue weighted by Crippen LogP contribution is 2.27. The molecule has 0 bridgehead atoms. The molecule has 3 rings (SSSR count). The lowest BCUT2D eigenvalue weighted by Gasteiger charge is -2.39. The van der Waals surface area contributed by atoms with Crippen LogP contribution in [0.2, 0.25) is 0 Å². The minimum atomic E-state index is -0.828. The zero-order valence-electron chi connectivity index (χ0n) is 16.9. The first-order chi connectivity index (χ1) is 13.5. The quantitative estimate of drug-likeness (QED) is 0.785. The van der Waals surface area contributed by atoms with Crippen LogP contribution in [0.25, 0.3) is 0 Å². The van der Waals surface area contributed by atoms with Gasteiger partial charge in [-0.1, -0.05) is 45.2 Å². The maximum Gasteiger partial charge on any atom is 0.249 e. The van der Waals surface area contributed by atoms with E-state index in [9.17, 15) is 14.7 Å². The van der Waals surface area contributed by atoms with Crippen LogP contribution < -0.4 is 5.32 Å². The predicted octanol–water partition coefficient (Wildman–Crippen LogP) is 3.12. The first kappa shape index (κ1) is 20.8. The number of hydrogen-bond donors (Lipinski definition) is 2. The molecule has 2 amide bonds. The lowest BCUT2D eigenvalue weighted by molar-refractivity contribution is -0.155. The summed E-state index contributed by atoms with van der Waals surface area (Å²) in [7, 11) is 0. The number of ether oxygens (including phenoxy) is 1. The van der Waals surface area contributed by atoms with Crippen LogP contribution in [0.5, 0.6) is 0 Å². The molecule has 1 saturated heterocycles. The molecular weight excluding hydrogens is 356 g/mol. The zero-order valence-corrected chi connectivity index (χ0v) is 16.9. The molecule has 28 heavy (non-hydrogen) atoms. The van der Waals surface area contributed by atoms with Gasteiger partial charge in [0, 0.05) is 18.2 Å². The van der Waals surface area contributed by atoms with Gasteiger partial charge in [-0.3, -0.25) is 9.59 Å². The molecule has 2 atom stereocenters. The van der Waals surface area contributed by atoms with Crippen LogP contribution in [0.3, 0.4) is 0 Å². The minimum Gasteiger partial charge on any atom is -0.386 e. The van der Waals surface area contributed by atoms with E-state index in [0.29, 0.717) is 24.6 Å². The van der Waals surface area contributed by atoms with Crippen molar-refractivity contribution < 1.29 is 19.4 Å². The Labute approximate surface area is 167 Å². The molecule has 1 aliphatic carbocycles. The SMILES string of the molecule is CC(C)CN1C(=O)COCC1C(O)c1ccc(NC(=O)C2CCCCC2)cc1. The third-order valence-corrected chi connectivity index (χ3v) is 5.66. The lowest BCUT2D eigenvalue weighted by Crippen LogP contribution is -2.53. The molecule has 2 N–H and O–H groups in total. The van der Waals surface area contributed by atoms with E-state index in [-0.39, 0.29) is 24.3 Å². The van der Waals surface area contributed by atoms with Gasteiger partial charge in [0.1, 0.15) is 12.7 Å². The summed E-state index contributed by atoms with van der Waals surface area (Å²) in [6, 6.07) is 6.86. The summed E-state index contributed by atoms with van der Waals surface area (Å²) in [6.07, 6.45) is 4.56. The van der Waals surface area contributed by atoms with Crippen LogP contribution in [0.4, 0.5) is 5.69 Å². The number of morpholine rings is 1. The van der Waals surface area contributed by atoms with Gasteiger partial charge >= 0.3 is 0 Å². The van der Waals surface area contributed by atoms with Crippen LogP contribution in [0.15, 0.2) is 24.3 Å². The normalized spacial score (nSPS) is 22.4. The Bertz CT molecular complexity index is 668. The average Bonchev–Trinajstić information content (AvgIpc) is 2.70. The standard InChI is InChI=1S/C22H32N2O4/c1-15(2)12-24-19(13-28-14-20(24)25)21(26)16-8-10-18(11-9-16)23-22(27)17-6-4-3-5-7-17/h8-11,15,17,19,21,26H,3-7,12-14H2,1-2H3,(H,23,27). The Balaban J connectivity index is 1.64. The monoisotopic (exact) mass is 388 g/mol. The van der Waals surface area contributed by atoms with E-state index in [2.05, 4.69) is 19.2 Å². The number of hydrogen-bond acceptors (Lipinski definition) is 4. The number of carbonyl (C=O) groups is 2. The third kappa shape index (κ3) is 5.11. The van der Waals surface area contributed by atoms with E-state index in [4.69, 9.17) is 4.74 Å². The molecule has 154 valence electrons. The number of nitrogens with zero attached hydrogens (tertiary/aromatic N) is 1. The average molecular weight is 389 g/mol. The summed E-state index contributed by atoms with van der Waals surface area (Å²) in [4.78, 5) is 26.4. The zero-order chi connectivity index (χ0) is 20.1. The van der Waals surface area contributed by atoms with Crippen LogP contribution in [-0.4, -0.2) is 47.6 Å². The molecule has 1 saturated carbocycles. The molecule has 1 aliphatic heterocycles. The fourth-order valence-corrected chi connectivity index (χ4v) is 4.11. The summed E-state index contributed by atoms with van der Waals surface area (Å²) >= 11 is 0. The summed E-state index contributed by atoms with van der Waals surface area (Å²) < 4.78 is 5.38. The van der Waals surface area contributed by atoms with Gasteiger partial charge in [-0.05, 0) is 36.5 Å².